The summed E-state index contributed by atoms with van der Waals surface area (Å²) >= 11 is 0. The van der Waals surface area contributed by atoms with Gasteiger partial charge in [-0.3, -0.25) is 0 Å². The molecule has 3 aromatic rings. The van der Waals surface area contributed by atoms with Crippen LogP contribution in [-0.4, -0.2) is 19.9 Å². The van der Waals surface area contributed by atoms with Gasteiger partial charge in [0.05, 0.1) is 28.3 Å². The zero-order chi connectivity index (χ0) is 36.2. The first kappa shape index (κ1) is 35.9. The Hall–Kier alpha value is -3.92. The van der Waals surface area contributed by atoms with E-state index in [1.807, 2.05) is 0 Å². The fraction of sp³-hybridized carbons (Fsp3) is 0.478. The lowest BCUT2D eigenvalue weighted by Crippen LogP contribution is -2.14. The highest BCUT2D eigenvalue weighted by molar-refractivity contribution is 6.02. The van der Waals surface area contributed by atoms with E-state index in [0.717, 1.165) is 74.1 Å². The number of nitrogens with zero attached hydrogens (tertiary/aromatic N) is 2. The summed E-state index contributed by atoms with van der Waals surface area (Å²) in [5.74, 6) is 0. The van der Waals surface area contributed by atoms with E-state index < -0.39 is 0 Å². The minimum Gasteiger partial charge on any atom is -0.355 e. The van der Waals surface area contributed by atoms with Crippen LogP contribution in [0.4, 0.5) is 0 Å². The Morgan fingerprint density at radius 1 is 0.500 bits per heavy atom. The first-order valence-electron chi connectivity index (χ1n) is 19.6. The number of rotatable bonds is 9. The molecule has 0 saturated carbocycles. The number of aryl methyl sites for hydroxylation is 4. The summed E-state index contributed by atoms with van der Waals surface area (Å²) in [5, 5.41) is 0. The molecule has 2 N–H and O–H groups in total. The molecule has 264 valence electrons. The molecule has 5 heterocycles. The highest BCUT2D eigenvalue weighted by atomic mass is 14.8. The Balaban J connectivity index is 1.96. The number of hydrogen-bond acceptors (Lipinski definition) is 2. The van der Waals surface area contributed by atoms with Crippen molar-refractivity contribution in [1.82, 2.24) is 19.9 Å². The van der Waals surface area contributed by atoms with Gasteiger partial charge in [-0.2, -0.15) is 0 Å². The van der Waals surface area contributed by atoms with E-state index in [2.05, 4.69) is 118 Å². The topological polar surface area (TPSA) is 57.4 Å². The molecule has 6 rings (SSSR count). The van der Waals surface area contributed by atoms with E-state index in [-0.39, 0.29) is 5.41 Å². The van der Waals surface area contributed by atoms with Crippen molar-refractivity contribution >= 4 is 49.9 Å². The van der Waals surface area contributed by atoms with Crippen LogP contribution in [0.5, 0.6) is 0 Å². The second kappa shape index (κ2) is 13.7. The van der Waals surface area contributed by atoms with Gasteiger partial charge in [0.25, 0.3) is 0 Å². The minimum atomic E-state index is -0.125. The van der Waals surface area contributed by atoms with Crippen LogP contribution in [0.1, 0.15) is 166 Å². The lowest BCUT2D eigenvalue weighted by Gasteiger charge is -2.27. The molecule has 0 aromatic carbocycles. The van der Waals surface area contributed by atoms with Crippen LogP contribution in [0.15, 0.2) is 34.9 Å². The SMILES string of the molecule is CCC1=C(CC)c2cc3[nH]c(c(CC)c3CC)c(C3=C(C)C(C)=C(C)C3(C)C)c3nc(cc4[nH]c(cc1n2)c(CC)c4CC)C(CC)=C3CC. The average Bonchev–Trinajstić information content (AvgIpc) is 3.86. The summed E-state index contributed by atoms with van der Waals surface area (Å²) in [5.41, 5.74) is 27.2. The first-order valence-corrected chi connectivity index (χ1v) is 19.6. The van der Waals surface area contributed by atoms with E-state index >= 15 is 0 Å². The number of nitrogens with one attached hydrogen (secondary N) is 2. The summed E-state index contributed by atoms with van der Waals surface area (Å²) in [4.78, 5) is 19.2. The zero-order valence-corrected chi connectivity index (χ0v) is 33.3. The van der Waals surface area contributed by atoms with E-state index in [0.29, 0.717) is 0 Å². The van der Waals surface area contributed by atoms with Crippen LogP contribution in [0.25, 0.3) is 49.9 Å². The van der Waals surface area contributed by atoms with Gasteiger partial charge in [-0.15, -0.1) is 0 Å². The molecule has 0 unspecified atom stereocenters. The van der Waals surface area contributed by atoms with E-state index in [1.165, 1.54) is 94.5 Å². The molecule has 0 saturated heterocycles. The summed E-state index contributed by atoms with van der Waals surface area (Å²) in [6.45, 7) is 30.2. The van der Waals surface area contributed by atoms with Crippen molar-refractivity contribution in [3.63, 3.8) is 0 Å². The van der Waals surface area contributed by atoms with Crippen molar-refractivity contribution in [3.05, 3.63) is 85.5 Å². The van der Waals surface area contributed by atoms with Crippen molar-refractivity contribution in [2.75, 3.05) is 0 Å². The van der Waals surface area contributed by atoms with Crippen molar-refractivity contribution in [1.29, 1.82) is 0 Å². The molecular formula is C46H60N4. The minimum absolute atomic E-state index is 0.125. The van der Waals surface area contributed by atoms with Crippen molar-refractivity contribution in [3.8, 4) is 0 Å². The number of allylic oxidation sites excluding steroid dienone is 8. The smallest absolute Gasteiger partial charge is 0.0768 e. The second-order valence-electron chi connectivity index (χ2n) is 14.9. The van der Waals surface area contributed by atoms with E-state index in [4.69, 9.17) is 9.97 Å². The van der Waals surface area contributed by atoms with Gasteiger partial charge in [0.1, 0.15) is 0 Å². The second-order valence-corrected chi connectivity index (χ2v) is 14.9. The maximum absolute atomic E-state index is 5.73. The van der Waals surface area contributed by atoms with Crippen molar-refractivity contribution < 1.29 is 0 Å². The quantitative estimate of drug-likeness (QED) is 0.238. The van der Waals surface area contributed by atoms with Crippen LogP contribution in [0.3, 0.4) is 0 Å². The standard InChI is InChI=1S/C46H60N4/c1-14-28-30(16-3)38-23-40-32(18-5)34(20-7)44(49-40)42(43-26(10)25(9)27(11)46(43,12)13)45-35(21-8)33(19-6)41(50-45)24-39-31(17-4)29(15-2)37(48-39)22-36(28)47-38/h22-24,47,50H,14-21H2,1-13H3. The fourth-order valence-electron chi connectivity index (χ4n) is 9.53. The van der Waals surface area contributed by atoms with E-state index in [1.54, 1.807) is 0 Å². The Morgan fingerprint density at radius 2 is 0.920 bits per heavy atom. The predicted octanol–water partition coefficient (Wildman–Crippen LogP) is 13.2. The molecule has 0 radical (unpaired) electrons. The van der Waals surface area contributed by atoms with Crippen LogP contribution in [-0.2, 0) is 25.7 Å². The molecule has 0 atom stereocenters. The van der Waals surface area contributed by atoms with Crippen LogP contribution < -0.4 is 0 Å². The third-order valence-corrected chi connectivity index (χ3v) is 12.4. The van der Waals surface area contributed by atoms with Gasteiger partial charge in [0.15, 0.2) is 0 Å². The summed E-state index contributed by atoms with van der Waals surface area (Å²) < 4.78 is 0. The van der Waals surface area contributed by atoms with E-state index in [9.17, 15) is 0 Å². The van der Waals surface area contributed by atoms with Gasteiger partial charge in [0.2, 0.25) is 0 Å². The van der Waals surface area contributed by atoms with Gasteiger partial charge < -0.3 is 9.97 Å². The molecule has 4 nitrogen and oxygen atoms in total. The van der Waals surface area contributed by atoms with Gasteiger partial charge in [-0.25, -0.2) is 9.97 Å². The van der Waals surface area contributed by atoms with Gasteiger partial charge in [-0.1, -0.05) is 74.8 Å². The molecule has 3 aromatic heterocycles. The molecule has 0 amide bonds. The number of aromatic nitrogens is 4. The number of hydrogen-bond donors (Lipinski definition) is 2. The maximum Gasteiger partial charge on any atom is 0.0768 e. The summed E-state index contributed by atoms with van der Waals surface area (Å²) in [6.07, 6.45) is 7.64. The predicted molar refractivity (Wildman–Crippen MR) is 218 cm³/mol. The Labute approximate surface area is 301 Å². The average molecular weight is 669 g/mol. The largest absolute Gasteiger partial charge is 0.355 e. The van der Waals surface area contributed by atoms with Crippen molar-refractivity contribution in [2.45, 2.75) is 141 Å². The Kier molecular flexibility index (Phi) is 9.80. The molecule has 50 heavy (non-hydrogen) atoms. The van der Waals surface area contributed by atoms with Crippen molar-refractivity contribution in [2.24, 2.45) is 5.41 Å². The van der Waals surface area contributed by atoms with Crippen LogP contribution in [0.2, 0.25) is 0 Å². The monoisotopic (exact) mass is 668 g/mol. The lowest BCUT2D eigenvalue weighted by molar-refractivity contribution is 0.609. The maximum atomic E-state index is 5.73. The highest BCUT2D eigenvalue weighted by Crippen LogP contribution is 2.54. The number of aromatic amines is 2. The molecule has 4 heteroatoms. The van der Waals surface area contributed by atoms with Gasteiger partial charge >= 0.3 is 0 Å². The summed E-state index contributed by atoms with van der Waals surface area (Å²) in [6, 6.07) is 7.06. The third-order valence-electron chi connectivity index (χ3n) is 12.4. The molecule has 2 aliphatic heterocycles. The van der Waals surface area contributed by atoms with Gasteiger partial charge in [0, 0.05) is 27.5 Å². The Morgan fingerprint density at radius 3 is 1.34 bits per heavy atom. The first-order chi connectivity index (χ1) is 23.9. The number of fused-ring (bicyclic) bond motifs is 8. The van der Waals surface area contributed by atoms with Gasteiger partial charge in [-0.05, 0) is 152 Å². The molecule has 0 fully saturated rings. The molecular weight excluding hydrogens is 609 g/mol. The number of H-pyrrole nitrogens is 2. The fourth-order valence-corrected chi connectivity index (χ4v) is 9.53. The normalized spacial score (nSPS) is 16.2. The van der Waals surface area contributed by atoms with Crippen LogP contribution >= 0.6 is 0 Å². The molecule has 1 aliphatic carbocycles. The molecule has 8 bridgehead atoms. The lowest BCUT2D eigenvalue weighted by atomic mass is 9.76. The molecule has 3 aliphatic rings. The molecule has 0 spiro atoms. The van der Waals surface area contributed by atoms with Crippen LogP contribution in [0, 0.1) is 5.41 Å². The third kappa shape index (κ3) is 5.31. The highest BCUT2D eigenvalue weighted by Gasteiger charge is 2.39. The zero-order valence-electron chi connectivity index (χ0n) is 33.3. The summed E-state index contributed by atoms with van der Waals surface area (Å²) in [7, 11) is 0. The Bertz CT molecular complexity index is 2180.